The molecule has 3 aromatic carbocycles. The molecule has 3 aromatic rings. The minimum atomic E-state index is -0.415. The maximum absolute atomic E-state index is 12.4. The normalized spacial score (nSPS) is 12.9. The van der Waals surface area contributed by atoms with Gasteiger partial charge in [-0.3, -0.25) is 20.4 Å². The Balaban J connectivity index is 1.39. The Hall–Kier alpha value is -3.54. The largest absolute Gasteiger partial charge is 0.490 e. The summed E-state index contributed by atoms with van der Waals surface area (Å²) in [4.78, 5) is 24.7. The Morgan fingerprint density at radius 3 is 2.54 bits per heavy atom. The zero-order chi connectivity index (χ0) is 19.3. The fraction of sp³-hybridized carbons (Fsp3) is 0.182. The van der Waals surface area contributed by atoms with Crippen molar-refractivity contribution in [2.45, 2.75) is 12.8 Å². The van der Waals surface area contributed by atoms with Gasteiger partial charge >= 0.3 is 0 Å². The molecule has 1 aliphatic rings. The summed E-state index contributed by atoms with van der Waals surface area (Å²) in [6, 6.07) is 18.7. The second-order valence-electron chi connectivity index (χ2n) is 6.53. The van der Waals surface area contributed by atoms with Crippen LogP contribution in [0.4, 0.5) is 0 Å². The second kappa shape index (κ2) is 8.00. The number of rotatable bonds is 3. The topological polar surface area (TPSA) is 76.7 Å². The molecule has 28 heavy (non-hydrogen) atoms. The van der Waals surface area contributed by atoms with Crippen LogP contribution in [-0.4, -0.2) is 25.0 Å². The molecule has 0 aliphatic carbocycles. The van der Waals surface area contributed by atoms with Gasteiger partial charge in [0.25, 0.3) is 5.91 Å². The lowest BCUT2D eigenvalue weighted by atomic mass is 10.0. The number of ether oxygens (including phenoxy) is 2. The number of hydrogen-bond acceptors (Lipinski definition) is 4. The van der Waals surface area contributed by atoms with Crippen LogP contribution in [-0.2, 0) is 11.2 Å². The Bertz CT molecular complexity index is 1030. The maximum Gasteiger partial charge on any atom is 0.269 e. The molecule has 0 aromatic heterocycles. The standard InChI is InChI=1S/C22H20N2O4/c25-21(14-16-7-3-6-15-5-1-2-8-18(15)16)23-24-22(26)17-9-10-19-20(13-17)28-12-4-11-27-19/h1-3,5-10,13H,4,11-12,14H2,(H,23,25)(H,24,26). The molecule has 0 radical (unpaired) electrons. The monoisotopic (exact) mass is 376 g/mol. The van der Waals surface area contributed by atoms with Gasteiger partial charge in [-0.2, -0.15) is 0 Å². The molecule has 0 atom stereocenters. The zero-order valence-corrected chi connectivity index (χ0v) is 15.2. The van der Waals surface area contributed by atoms with Crippen LogP contribution in [0.5, 0.6) is 11.5 Å². The number of nitrogens with one attached hydrogen (secondary N) is 2. The molecule has 6 heteroatoms. The van der Waals surface area contributed by atoms with E-state index in [0.717, 1.165) is 22.8 Å². The molecule has 0 saturated heterocycles. The van der Waals surface area contributed by atoms with E-state index in [1.54, 1.807) is 18.2 Å². The summed E-state index contributed by atoms with van der Waals surface area (Å²) in [5.41, 5.74) is 6.22. The first kappa shape index (κ1) is 17.9. The molecule has 6 nitrogen and oxygen atoms in total. The first-order valence-corrected chi connectivity index (χ1v) is 9.16. The third-order valence-electron chi connectivity index (χ3n) is 4.56. The number of hydrazine groups is 1. The first-order valence-electron chi connectivity index (χ1n) is 9.16. The van der Waals surface area contributed by atoms with Gasteiger partial charge in [-0.15, -0.1) is 0 Å². The quantitative estimate of drug-likeness (QED) is 0.689. The van der Waals surface area contributed by atoms with E-state index in [1.807, 2.05) is 42.5 Å². The van der Waals surface area contributed by atoms with Gasteiger partial charge in [0, 0.05) is 12.0 Å². The number of amides is 2. The molecule has 0 bridgehead atoms. The Morgan fingerprint density at radius 1 is 0.857 bits per heavy atom. The maximum atomic E-state index is 12.4. The average Bonchev–Trinajstić information content (AvgIpc) is 2.97. The molecular formula is C22H20N2O4. The molecule has 1 heterocycles. The van der Waals surface area contributed by atoms with Crippen molar-refractivity contribution in [3.05, 3.63) is 71.8 Å². The number of fused-ring (bicyclic) bond motifs is 2. The Labute approximate surface area is 162 Å². The van der Waals surface area contributed by atoms with Crippen LogP contribution in [0.15, 0.2) is 60.7 Å². The summed E-state index contributed by atoms with van der Waals surface area (Å²) in [6.07, 6.45) is 0.962. The van der Waals surface area contributed by atoms with Gasteiger partial charge < -0.3 is 9.47 Å². The van der Waals surface area contributed by atoms with Crippen LogP contribution in [0.3, 0.4) is 0 Å². The molecule has 142 valence electrons. The Kier molecular flexibility index (Phi) is 5.10. The molecule has 0 spiro atoms. The molecule has 0 saturated carbocycles. The van der Waals surface area contributed by atoms with Crippen molar-refractivity contribution in [2.24, 2.45) is 0 Å². The lowest BCUT2D eigenvalue weighted by molar-refractivity contribution is -0.121. The molecule has 0 fully saturated rings. The van der Waals surface area contributed by atoms with Crippen LogP contribution >= 0.6 is 0 Å². The van der Waals surface area contributed by atoms with E-state index in [-0.39, 0.29) is 12.3 Å². The highest BCUT2D eigenvalue weighted by atomic mass is 16.5. The van der Waals surface area contributed by atoms with Gasteiger partial charge in [-0.25, -0.2) is 0 Å². The van der Waals surface area contributed by atoms with Crippen molar-refractivity contribution < 1.29 is 19.1 Å². The van der Waals surface area contributed by atoms with Gasteiger partial charge in [-0.05, 0) is 34.5 Å². The third-order valence-corrected chi connectivity index (χ3v) is 4.56. The number of hydrogen-bond donors (Lipinski definition) is 2. The van der Waals surface area contributed by atoms with Crippen molar-refractivity contribution in [2.75, 3.05) is 13.2 Å². The van der Waals surface area contributed by atoms with E-state index in [1.165, 1.54) is 0 Å². The predicted molar refractivity (Wildman–Crippen MR) is 105 cm³/mol. The van der Waals surface area contributed by atoms with Crippen molar-refractivity contribution in [1.82, 2.24) is 10.9 Å². The highest BCUT2D eigenvalue weighted by Gasteiger charge is 2.15. The van der Waals surface area contributed by atoms with Crippen LogP contribution in [0.25, 0.3) is 10.8 Å². The van der Waals surface area contributed by atoms with Gasteiger partial charge in [0.15, 0.2) is 11.5 Å². The van der Waals surface area contributed by atoms with Crippen molar-refractivity contribution in [3.8, 4) is 11.5 Å². The fourth-order valence-electron chi connectivity index (χ4n) is 3.17. The molecule has 1 aliphatic heterocycles. The van der Waals surface area contributed by atoms with Crippen molar-refractivity contribution >= 4 is 22.6 Å². The number of carbonyl (C=O) groups is 2. The van der Waals surface area contributed by atoms with Crippen LogP contribution < -0.4 is 20.3 Å². The van der Waals surface area contributed by atoms with E-state index in [2.05, 4.69) is 10.9 Å². The molecule has 0 unspecified atom stereocenters. The average molecular weight is 376 g/mol. The van der Waals surface area contributed by atoms with E-state index >= 15 is 0 Å². The zero-order valence-electron chi connectivity index (χ0n) is 15.2. The van der Waals surface area contributed by atoms with E-state index in [9.17, 15) is 9.59 Å². The lowest BCUT2D eigenvalue weighted by Crippen LogP contribution is -2.42. The minimum Gasteiger partial charge on any atom is -0.490 e. The molecule has 4 rings (SSSR count). The number of benzene rings is 3. The minimum absolute atomic E-state index is 0.169. The lowest BCUT2D eigenvalue weighted by Gasteiger charge is -2.11. The van der Waals surface area contributed by atoms with Crippen LogP contribution in [0.1, 0.15) is 22.3 Å². The molecule has 2 amide bonds. The summed E-state index contributed by atoms with van der Waals surface area (Å²) in [5.74, 6) is 0.447. The molecule has 2 N–H and O–H groups in total. The van der Waals surface area contributed by atoms with E-state index < -0.39 is 5.91 Å². The second-order valence-corrected chi connectivity index (χ2v) is 6.53. The summed E-state index contributed by atoms with van der Waals surface area (Å²) in [6.45, 7) is 1.13. The first-order chi connectivity index (χ1) is 13.7. The van der Waals surface area contributed by atoms with Crippen molar-refractivity contribution in [1.29, 1.82) is 0 Å². The number of carbonyl (C=O) groups excluding carboxylic acids is 2. The predicted octanol–water partition coefficient (Wildman–Crippen LogP) is 3.00. The SMILES string of the molecule is O=C(Cc1cccc2ccccc12)NNC(=O)c1ccc2c(c1)OCCCO2. The van der Waals surface area contributed by atoms with Gasteiger partial charge in [0.2, 0.25) is 5.91 Å². The fourth-order valence-corrected chi connectivity index (χ4v) is 3.17. The summed E-state index contributed by atoms with van der Waals surface area (Å²) >= 11 is 0. The molecular weight excluding hydrogens is 356 g/mol. The smallest absolute Gasteiger partial charge is 0.269 e. The van der Waals surface area contributed by atoms with Crippen molar-refractivity contribution in [3.63, 3.8) is 0 Å². The summed E-state index contributed by atoms with van der Waals surface area (Å²) in [5, 5.41) is 2.10. The van der Waals surface area contributed by atoms with Crippen LogP contribution in [0, 0.1) is 0 Å². The van der Waals surface area contributed by atoms with Gasteiger partial charge in [-0.1, -0.05) is 42.5 Å². The third kappa shape index (κ3) is 3.91. The van der Waals surface area contributed by atoms with Gasteiger partial charge in [0.05, 0.1) is 19.6 Å². The summed E-state index contributed by atoms with van der Waals surface area (Å²) < 4.78 is 11.1. The van der Waals surface area contributed by atoms with Gasteiger partial charge in [0.1, 0.15) is 0 Å². The van der Waals surface area contributed by atoms with E-state index in [4.69, 9.17) is 9.47 Å². The summed E-state index contributed by atoms with van der Waals surface area (Å²) in [7, 11) is 0. The van der Waals surface area contributed by atoms with E-state index in [0.29, 0.717) is 30.3 Å². The highest BCUT2D eigenvalue weighted by molar-refractivity contribution is 5.96. The highest BCUT2D eigenvalue weighted by Crippen LogP contribution is 2.30. The Morgan fingerprint density at radius 2 is 1.64 bits per heavy atom. The van der Waals surface area contributed by atoms with Crippen LogP contribution in [0.2, 0.25) is 0 Å².